The summed E-state index contributed by atoms with van der Waals surface area (Å²) >= 11 is 0. The van der Waals surface area contributed by atoms with E-state index in [1.54, 1.807) is 7.11 Å². The molecule has 0 spiro atoms. The fourth-order valence-electron chi connectivity index (χ4n) is 2.29. The molecule has 0 bridgehead atoms. The Labute approximate surface area is 136 Å². The van der Waals surface area contributed by atoms with Crippen LogP contribution in [0.1, 0.15) is 17.2 Å². The first kappa shape index (κ1) is 16.6. The highest BCUT2D eigenvalue weighted by atomic mass is 16.5. The standard InChI is InChI=1S/C19H20N2O2/c1-4-12-20-18(15-8-6-5-7-9-15)19(22)21-16-13-14(2)10-11-17(16)23-3/h1,5-11,13,18,20H,12H2,2-3H3,(H,21,22)/t18-/m0/s1. The van der Waals surface area contributed by atoms with Crippen LogP contribution in [0.2, 0.25) is 0 Å². The molecule has 1 atom stereocenters. The number of nitrogens with one attached hydrogen (secondary N) is 2. The lowest BCUT2D eigenvalue weighted by Crippen LogP contribution is -2.33. The molecule has 0 aromatic heterocycles. The van der Waals surface area contributed by atoms with E-state index in [-0.39, 0.29) is 5.91 Å². The van der Waals surface area contributed by atoms with Crippen molar-refractivity contribution in [2.45, 2.75) is 13.0 Å². The number of methoxy groups -OCH3 is 1. The number of aryl methyl sites for hydroxylation is 1. The molecule has 2 rings (SSSR count). The Kier molecular flexibility index (Phi) is 5.79. The van der Waals surface area contributed by atoms with E-state index in [4.69, 9.17) is 11.2 Å². The number of benzene rings is 2. The molecule has 0 aliphatic carbocycles. The summed E-state index contributed by atoms with van der Waals surface area (Å²) in [6.45, 7) is 2.26. The number of ether oxygens (including phenoxy) is 1. The monoisotopic (exact) mass is 308 g/mol. The van der Waals surface area contributed by atoms with Gasteiger partial charge in [-0.2, -0.15) is 0 Å². The molecule has 0 aliphatic rings. The Balaban J connectivity index is 2.25. The van der Waals surface area contributed by atoms with Crippen molar-refractivity contribution in [3.63, 3.8) is 0 Å². The van der Waals surface area contributed by atoms with Gasteiger partial charge in [0.1, 0.15) is 11.8 Å². The number of rotatable bonds is 6. The lowest BCUT2D eigenvalue weighted by atomic mass is 10.1. The van der Waals surface area contributed by atoms with Crippen LogP contribution < -0.4 is 15.4 Å². The Morgan fingerprint density at radius 1 is 1.26 bits per heavy atom. The van der Waals surface area contributed by atoms with Crippen molar-refractivity contribution < 1.29 is 9.53 Å². The summed E-state index contributed by atoms with van der Waals surface area (Å²) in [7, 11) is 1.57. The molecule has 0 saturated heterocycles. The minimum atomic E-state index is -0.530. The van der Waals surface area contributed by atoms with E-state index < -0.39 is 6.04 Å². The van der Waals surface area contributed by atoms with Crippen LogP contribution in [0, 0.1) is 19.3 Å². The molecule has 0 fully saturated rings. The van der Waals surface area contributed by atoms with Gasteiger partial charge in [-0.3, -0.25) is 10.1 Å². The Morgan fingerprint density at radius 2 is 2.00 bits per heavy atom. The lowest BCUT2D eigenvalue weighted by Gasteiger charge is -2.19. The van der Waals surface area contributed by atoms with Crippen LogP contribution in [0.25, 0.3) is 0 Å². The van der Waals surface area contributed by atoms with E-state index in [0.717, 1.165) is 11.1 Å². The van der Waals surface area contributed by atoms with Gasteiger partial charge >= 0.3 is 0 Å². The topological polar surface area (TPSA) is 50.4 Å². The molecule has 0 aliphatic heterocycles. The zero-order valence-corrected chi connectivity index (χ0v) is 13.3. The summed E-state index contributed by atoms with van der Waals surface area (Å²) < 4.78 is 5.30. The van der Waals surface area contributed by atoms with Crippen molar-refractivity contribution >= 4 is 11.6 Å². The van der Waals surface area contributed by atoms with Crippen LogP contribution in [0.3, 0.4) is 0 Å². The average molecular weight is 308 g/mol. The Hall–Kier alpha value is -2.77. The zero-order chi connectivity index (χ0) is 16.7. The maximum absolute atomic E-state index is 12.7. The highest BCUT2D eigenvalue weighted by Crippen LogP contribution is 2.26. The Bertz CT molecular complexity index is 705. The van der Waals surface area contributed by atoms with Gasteiger partial charge in [0.15, 0.2) is 0 Å². The van der Waals surface area contributed by atoms with Gasteiger partial charge in [-0.05, 0) is 30.2 Å². The maximum atomic E-state index is 12.7. The van der Waals surface area contributed by atoms with Gasteiger partial charge < -0.3 is 10.1 Å². The summed E-state index contributed by atoms with van der Waals surface area (Å²) in [5.41, 5.74) is 2.53. The number of anilines is 1. The van der Waals surface area contributed by atoms with E-state index in [1.165, 1.54) is 0 Å². The van der Waals surface area contributed by atoms with Gasteiger partial charge in [0.05, 0.1) is 19.3 Å². The third-order valence-corrected chi connectivity index (χ3v) is 3.42. The fourth-order valence-corrected chi connectivity index (χ4v) is 2.29. The van der Waals surface area contributed by atoms with Gasteiger partial charge in [0, 0.05) is 0 Å². The molecule has 4 nitrogen and oxygen atoms in total. The molecular formula is C19H20N2O2. The van der Waals surface area contributed by atoms with Crippen LogP contribution in [0.4, 0.5) is 5.69 Å². The molecule has 23 heavy (non-hydrogen) atoms. The van der Waals surface area contributed by atoms with Crippen molar-refractivity contribution in [3.05, 3.63) is 59.7 Å². The highest BCUT2D eigenvalue weighted by Gasteiger charge is 2.20. The quantitative estimate of drug-likeness (QED) is 0.807. The lowest BCUT2D eigenvalue weighted by molar-refractivity contribution is -0.118. The summed E-state index contributed by atoms with van der Waals surface area (Å²) in [5.74, 6) is 2.94. The number of carbonyl (C=O) groups excluding carboxylic acids is 1. The third-order valence-electron chi connectivity index (χ3n) is 3.42. The fraction of sp³-hybridized carbons (Fsp3) is 0.211. The van der Waals surface area contributed by atoms with E-state index in [1.807, 2.05) is 55.5 Å². The van der Waals surface area contributed by atoms with E-state index >= 15 is 0 Å². The van der Waals surface area contributed by atoms with Crippen molar-refractivity contribution in [2.75, 3.05) is 19.0 Å². The number of amides is 1. The van der Waals surface area contributed by atoms with Gasteiger partial charge in [0.2, 0.25) is 5.91 Å². The van der Waals surface area contributed by atoms with Crippen molar-refractivity contribution in [1.29, 1.82) is 0 Å². The SMILES string of the molecule is C#CCN[C@H](C(=O)Nc1cc(C)ccc1OC)c1ccccc1. The second kappa shape index (κ2) is 8.02. The molecule has 2 aromatic carbocycles. The van der Waals surface area contributed by atoms with Gasteiger partial charge in [-0.1, -0.05) is 42.3 Å². The van der Waals surface area contributed by atoms with Crippen molar-refractivity contribution in [1.82, 2.24) is 5.32 Å². The second-order valence-corrected chi connectivity index (χ2v) is 5.12. The van der Waals surface area contributed by atoms with E-state index in [0.29, 0.717) is 18.0 Å². The largest absolute Gasteiger partial charge is 0.495 e. The van der Waals surface area contributed by atoms with E-state index in [2.05, 4.69) is 16.6 Å². The molecule has 0 radical (unpaired) electrons. The maximum Gasteiger partial charge on any atom is 0.246 e. The Morgan fingerprint density at radius 3 is 2.65 bits per heavy atom. The molecule has 0 saturated carbocycles. The van der Waals surface area contributed by atoms with Crippen LogP contribution in [0.5, 0.6) is 5.75 Å². The molecular weight excluding hydrogens is 288 g/mol. The minimum absolute atomic E-state index is 0.185. The van der Waals surface area contributed by atoms with Gasteiger partial charge in [0.25, 0.3) is 0 Å². The minimum Gasteiger partial charge on any atom is -0.495 e. The molecule has 2 aromatic rings. The molecule has 4 heteroatoms. The van der Waals surface area contributed by atoms with Crippen LogP contribution in [-0.2, 0) is 4.79 Å². The molecule has 0 unspecified atom stereocenters. The van der Waals surface area contributed by atoms with Crippen LogP contribution in [-0.4, -0.2) is 19.6 Å². The second-order valence-electron chi connectivity index (χ2n) is 5.12. The first-order valence-corrected chi connectivity index (χ1v) is 7.33. The van der Waals surface area contributed by atoms with E-state index in [9.17, 15) is 4.79 Å². The summed E-state index contributed by atoms with van der Waals surface area (Å²) in [6.07, 6.45) is 5.31. The number of terminal acetylenes is 1. The van der Waals surface area contributed by atoms with Crippen LogP contribution in [0.15, 0.2) is 48.5 Å². The van der Waals surface area contributed by atoms with Crippen molar-refractivity contribution in [2.24, 2.45) is 0 Å². The number of hydrogen-bond acceptors (Lipinski definition) is 3. The number of hydrogen-bond donors (Lipinski definition) is 2. The molecule has 118 valence electrons. The molecule has 2 N–H and O–H groups in total. The number of carbonyl (C=O) groups is 1. The van der Waals surface area contributed by atoms with Crippen LogP contribution >= 0.6 is 0 Å². The normalized spacial score (nSPS) is 11.3. The smallest absolute Gasteiger partial charge is 0.246 e. The summed E-state index contributed by atoms with van der Waals surface area (Å²) in [6, 6.07) is 14.6. The molecule has 0 heterocycles. The third kappa shape index (κ3) is 4.35. The van der Waals surface area contributed by atoms with Gasteiger partial charge in [-0.25, -0.2) is 0 Å². The molecule has 1 amide bonds. The first-order chi connectivity index (χ1) is 11.2. The predicted octanol–water partition coefficient (Wildman–Crippen LogP) is 2.91. The summed E-state index contributed by atoms with van der Waals surface area (Å²) in [5, 5.41) is 5.98. The highest BCUT2D eigenvalue weighted by molar-refractivity contribution is 5.96. The summed E-state index contributed by atoms with van der Waals surface area (Å²) in [4.78, 5) is 12.7. The predicted molar refractivity (Wildman–Crippen MR) is 92.4 cm³/mol. The zero-order valence-electron chi connectivity index (χ0n) is 13.3. The first-order valence-electron chi connectivity index (χ1n) is 7.33. The van der Waals surface area contributed by atoms with Gasteiger partial charge in [-0.15, -0.1) is 6.42 Å². The average Bonchev–Trinajstić information content (AvgIpc) is 2.56. The van der Waals surface area contributed by atoms with Crippen molar-refractivity contribution in [3.8, 4) is 18.1 Å².